The molecule has 0 saturated carbocycles. The van der Waals surface area contributed by atoms with Gasteiger partial charge in [0.1, 0.15) is 11.5 Å². The van der Waals surface area contributed by atoms with Crippen LogP contribution in [-0.2, 0) is 27.3 Å². The Kier molecular flexibility index (Phi) is 8.34. The number of ether oxygens (including phenoxy) is 3. The first-order chi connectivity index (χ1) is 13.5. The zero-order valence-electron chi connectivity index (χ0n) is 16.6. The number of rotatable bonds is 10. The van der Waals surface area contributed by atoms with E-state index in [0.29, 0.717) is 19.7 Å². The Morgan fingerprint density at radius 1 is 0.893 bits per heavy atom. The van der Waals surface area contributed by atoms with Gasteiger partial charge in [0.15, 0.2) is 0 Å². The molecule has 0 N–H and O–H groups in total. The SMILES string of the molecule is CCOc1ccc(CC(=O)N(CCC(=O)OC)Cc2ccc(OC)cc2)cc1. The van der Waals surface area contributed by atoms with E-state index < -0.39 is 0 Å². The minimum absolute atomic E-state index is 0.0520. The number of amides is 1. The normalized spacial score (nSPS) is 10.2. The number of benzene rings is 2. The molecule has 6 nitrogen and oxygen atoms in total. The molecule has 150 valence electrons. The van der Waals surface area contributed by atoms with Crippen LogP contribution in [0.15, 0.2) is 48.5 Å². The molecule has 0 aromatic heterocycles. The van der Waals surface area contributed by atoms with E-state index in [4.69, 9.17) is 14.2 Å². The van der Waals surface area contributed by atoms with Crippen molar-refractivity contribution in [2.24, 2.45) is 0 Å². The molecule has 2 aromatic carbocycles. The lowest BCUT2D eigenvalue weighted by atomic mass is 10.1. The number of methoxy groups -OCH3 is 2. The van der Waals surface area contributed by atoms with E-state index in [1.54, 1.807) is 12.0 Å². The Morgan fingerprint density at radius 2 is 1.50 bits per heavy atom. The highest BCUT2D eigenvalue weighted by Crippen LogP contribution is 2.16. The summed E-state index contributed by atoms with van der Waals surface area (Å²) in [5.41, 5.74) is 1.86. The van der Waals surface area contributed by atoms with Crippen LogP contribution in [-0.4, -0.2) is 44.1 Å². The molecule has 0 radical (unpaired) electrons. The number of carbonyl (C=O) groups is 2. The molecule has 0 saturated heterocycles. The van der Waals surface area contributed by atoms with Gasteiger partial charge in [-0.2, -0.15) is 0 Å². The van der Waals surface area contributed by atoms with Crippen molar-refractivity contribution in [3.63, 3.8) is 0 Å². The van der Waals surface area contributed by atoms with E-state index in [9.17, 15) is 9.59 Å². The van der Waals surface area contributed by atoms with Gasteiger partial charge in [0.05, 0.1) is 33.7 Å². The van der Waals surface area contributed by atoms with Crippen LogP contribution in [0.4, 0.5) is 0 Å². The number of carbonyl (C=O) groups excluding carboxylic acids is 2. The van der Waals surface area contributed by atoms with Crippen molar-refractivity contribution in [3.8, 4) is 11.5 Å². The first-order valence-electron chi connectivity index (χ1n) is 9.25. The third kappa shape index (κ3) is 6.61. The van der Waals surface area contributed by atoms with Crippen LogP contribution >= 0.6 is 0 Å². The van der Waals surface area contributed by atoms with Gasteiger partial charge in [0.25, 0.3) is 0 Å². The number of hydrogen-bond donors (Lipinski definition) is 0. The summed E-state index contributed by atoms with van der Waals surface area (Å²) in [4.78, 5) is 26.1. The summed E-state index contributed by atoms with van der Waals surface area (Å²) in [6, 6.07) is 15.0. The summed E-state index contributed by atoms with van der Waals surface area (Å²) in [5.74, 6) is 1.14. The van der Waals surface area contributed by atoms with E-state index in [-0.39, 0.29) is 24.7 Å². The molecule has 0 fully saturated rings. The smallest absolute Gasteiger partial charge is 0.307 e. The Labute approximate surface area is 166 Å². The van der Waals surface area contributed by atoms with E-state index >= 15 is 0 Å². The predicted octanol–water partition coefficient (Wildman–Crippen LogP) is 3.23. The molecule has 0 unspecified atom stereocenters. The molecule has 28 heavy (non-hydrogen) atoms. The Balaban J connectivity index is 2.07. The summed E-state index contributed by atoms with van der Waals surface area (Å²) in [5, 5.41) is 0. The van der Waals surface area contributed by atoms with Crippen LogP contribution in [0.5, 0.6) is 11.5 Å². The molecule has 2 rings (SSSR count). The highest BCUT2D eigenvalue weighted by Gasteiger charge is 2.16. The summed E-state index contributed by atoms with van der Waals surface area (Å²) in [7, 11) is 2.95. The summed E-state index contributed by atoms with van der Waals surface area (Å²) in [6.07, 6.45) is 0.408. The average Bonchev–Trinajstić information content (AvgIpc) is 2.72. The third-order valence-electron chi connectivity index (χ3n) is 4.29. The highest BCUT2D eigenvalue weighted by molar-refractivity contribution is 5.79. The van der Waals surface area contributed by atoms with Crippen molar-refractivity contribution < 1.29 is 23.8 Å². The molecule has 6 heteroatoms. The maximum atomic E-state index is 12.9. The van der Waals surface area contributed by atoms with Crippen LogP contribution < -0.4 is 9.47 Å². The number of esters is 1. The molecule has 0 atom stereocenters. The fourth-order valence-electron chi connectivity index (χ4n) is 2.73. The second kappa shape index (κ2) is 11.0. The van der Waals surface area contributed by atoms with E-state index in [0.717, 1.165) is 22.6 Å². The molecule has 0 aliphatic rings. The van der Waals surface area contributed by atoms with Gasteiger partial charge in [-0.25, -0.2) is 0 Å². The monoisotopic (exact) mass is 385 g/mol. The van der Waals surface area contributed by atoms with Gasteiger partial charge in [0, 0.05) is 13.1 Å². The van der Waals surface area contributed by atoms with Gasteiger partial charge in [-0.1, -0.05) is 24.3 Å². The standard InChI is InChI=1S/C22H27NO5/c1-4-28-20-11-5-17(6-12-20)15-21(24)23(14-13-22(25)27-3)16-18-7-9-19(26-2)10-8-18/h5-12H,4,13-16H2,1-3H3. The molecule has 0 spiro atoms. The highest BCUT2D eigenvalue weighted by atomic mass is 16.5. The fraction of sp³-hybridized carbons (Fsp3) is 0.364. The summed E-state index contributed by atoms with van der Waals surface area (Å²) < 4.78 is 15.3. The lowest BCUT2D eigenvalue weighted by molar-refractivity contribution is -0.141. The van der Waals surface area contributed by atoms with Crippen LogP contribution in [0.25, 0.3) is 0 Å². The van der Waals surface area contributed by atoms with Gasteiger partial charge in [-0.05, 0) is 42.3 Å². The van der Waals surface area contributed by atoms with Crippen molar-refractivity contribution in [1.29, 1.82) is 0 Å². The summed E-state index contributed by atoms with van der Waals surface area (Å²) >= 11 is 0. The molecular formula is C22H27NO5. The van der Waals surface area contributed by atoms with Gasteiger partial charge in [-0.3, -0.25) is 9.59 Å². The Bertz CT molecular complexity index is 756. The topological polar surface area (TPSA) is 65.1 Å². The summed E-state index contributed by atoms with van der Waals surface area (Å²) in [6.45, 7) is 3.24. The lowest BCUT2D eigenvalue weighted by Gasteiger charge is -2.23. The van der Waals surface area contributed by atoms with Crippen molar-refractivity contribution in [2.45, 2.75) is 26.3 Å². The van der Waals surface area contributed by atoms with Crippen molar-refractivity contribution >= 4 is 11.9 Å². The average molecular weight is 385 g/mol. The predicted molar refractivity (Wildman–Crippen MR) is 106 cm³/mol. The minimum Gasteiger partial charge on any atom is -0.497 e. The lowest BCUT2D eigenvalue weighted by Crippen LogP contribution is -2.34. The quantitative estimate of drug-likeness (QED) is 0.588. The maximum absolute atomic E-state index is 12.9. The maximum Gasteiger partial charge on any atom is 0.307 e. The van der Waals surface area contributed by atoms with Gasteiger partial charge >= 0.3 is 5.97 Å². The van der Waals surface area contributed by atoms with Crippen LogP contribution in [0, 0.1) is 0 Å². The molecule has 2 aromatic rings. The van der Waals surface area contributed by atoms with E-state index in [2.05, 4.69) is 0 Å². The van der Waals surface area contributed by atoms with Gasteiger partial charge < -0.3 is 19.1 Å². The number of hydrogen-bond acceptors (Lipinski definition) is 5. The van der Waals surface area contributed by atoms with Gasteiger partial charge in [-0.15, -0.1) is 0 Å². The fourth-order valence-corrected chi connectivity index (χ4v) is 2.73. The van der Waals surface area contributed by atoms with Crippen molar-refractivity contribution in [2.75, 3.05) is 27.4 Å². The van der Waals surface area contributed by atoms with Crippen LogP contribution in [0.3, 0.4) is 0 Å². The molecule has 1 amide bonds. The zero-order chi connectivity index (χ0) is 20.4. The van der Waals surface area contributed by atoms with E-state index in [1.807, 2.05) is 55.5 Å². The third-order valence-corrected chi connectivity index (χ3v) is 4.29. The molecular weight excluding hydrogens is 358 g/mol. The first kappa shape index (κ1) is 21.3. The Hall–Kier alpha value is -3.02. The second-order valence-corrected chi connectivity index (χ2v) is 6.24. The first-order valence-corrected chi connectivity index (χ1v) is 9.25. The molecule has 0 bridgehead atoms. The molecule has 0 aliphatic heterocycles. The molecule has 0 heterocycles. The molecule has 0 aliphatic carbocycles. The van der Waals surface area contributed by atoms with Crippen LogP contribution in [0.1, 0.15) is 24.5 Å². The zero-order valence-corrected chi connectivity index (χ0v) is 16.6. The van der Waals surface area contributed by atoms with E-state index in [1.165, 1.54) is 7.11 Å². The largest absolute Gasteiger partial charge is 0.497 e. The van der Waals surface area contributed by atoms with Crippen molar-refractivity contribution in [1.82, 2.24) is 4.90 Å². The second-order valence-electron chi connectivity index (χ2n) is 6.24. The Morgan fingerprint density at radius 3 is 2.07 bits per heavy atom. The minimum atomic E-state index is -0.339. The van der Waals surface area contributed by atoms with Crippen molar-refractivity contribution in [3.05, 3.63) is 59.7 Å². The van der Waals surface area contributed by atoms with Crippen LogP contribution in [0.2, 0.25) is 0 Å². The number of nitrogens with zero attached hydrogens (tertiary/aromatic N) is 1. The van der Waals surface area contributed by atoms with Gasteiger partial charge in [0.2, 0.25) is 5.91 Å².